The number of hydrogen-bond donors (Lipinski definition) is 3. The second kappa shape index (κ2) is 19.0. The number of rotatable bonds is 14. The topological polar surface area (TPSA) is 176 Å². The average Bonchev–Trinajstić information content (AvgIpc) is 3.55. The van der Waals surface area contributed by atoms with Crippen molar-refractivity contribution in [2.24, 2.45) is 0 Å². The van der Waals surface area contributed by atoms with Gasteiger partial charge < -0.3 is 29.7 Å². The highest BCUT2D eigenvalue weighted by Crippen LogP contribution is 2.42. The van der Waals surface area contributed by atoms with Gasteiger partial charge in [0.1, 0.15) is 24.2 Å². The van der Waals surface area contributed by atoms with E-state index in [1.807, 2.05) is 30.7 Å². The average molecular weight is 942 g/mol. The molecular formula is C45H58BrN12O4P. The molecule has 3 aliphatic rings. The highest BCUT2D eigenvalue weighted by Gasteiger charge is 2.33. The van der Waals surface area contributed by atoms with Crippen LogP contribution in [0.1, 0.15) is 67.5 Å². The molecule has 2 aromatic carbocycles. The number of benzene rings is 2. The van der Waals surface area contributed by atoms with Crippen LogP contribution in [0.4, 0.5) is 28.8 Å². The highest BCUT2D eigenvalue weighted by atomic mass is 79.9. The maximum absolute atomic E-state index is 13.5. The Balaban J connectivity index is 0.855. The van der Waals surface area contributed by atoms with E-state index in [1.54, 1.807) is 39.0 Å². The van der Waals surface area contributed by atoms with Crippen LogP contribution in [-0.4, -0.2) is 124 Å². The zero-order valence-electron chi connectivity index (χ0n) is 37.1. The number of piperazine rings is 1. The molecule has 3 fully saturated rings. The third-order valence-electron chi connectivity index (χ3n) is 12.8. The van der Waals surface area contributed by atoms with Crippen molar-refractivity contribution in [3.8, 4) is 5.75 Å². The third kappa shape index (κ3) is 9.76. The Hall–Kier alpha value is -4.96. The van der Waals surface area contributed by atoms with Crippen LogP contribution in [0.3, 0.4) is 0 Å². The van der Waals surface area contributed by atoms with E-state index in [0.717, 1.165) is 101 Å². The summed E-state index contributed by atoms with van der Waals surface area (Å²) in [4.78, 5) is 50.3. The van der Waals surface area contributed by atoms with Gasteiger partial charge in [-0.15, -0.1) is 0 Å². The normalized spacial score (nSPS) is 18.2. The Morgan fingerprint density at radius 2 is 1.70 bits per heavy atom. The largest absolute Gasteiger partial charge is 0.494 e. The van der Waals surface area contributed by atoms with E-state index in [9.17, 15) is 14.2 Å². The minimum atomic E-state index is -2.77. The van der Waals surface area contributed by atoms with Crippen molar-refractivity contribution in [3.63, 3.8) is 0 Å². The second-order valence-corrected chi connectivity index (χ2v) is 21.2. The van der Waals surface area contributed by atoms with Gasteiger partial charge in [-0.2, -0.15) is 10.1 Å². The van der Waals surface area contributed by atoms with E-state index < -0.39 is 7.14 Å². The first kappa shape index (κ1) is 44.6. The first-order chi connectivity index (χ1) is 30.3. The fourth-order valence-electron chi connectivity index (χ4n) is 9.56. The molecule has 8 rings (SSSR count). The summed E-state index contributed by atoms with van der Waals surface area (Å²) in [5.41, 5.74) is 8.02. The molecule has 18 heteroatoms. The molecule has 0 aliphatic carbocycles. The van der Waals surface area contributed by atoms with Gasteiger partial charge in [-0.05, 0) is 106 Å². The Morgan fingerprint density at radius 3 is 2.41 bits per heavy atom. The molecule has 0 saturated carbocycles. The number of anilines is 5. The quantitative estimate of drug-likeness (QED) is 0.0813. The number of methoxy groups -OCH3 is 1. The molecule has 0 bridgehead atoms. The molecule has 2 amide bonds. The maximum atomic E-state index is 13.5. The monoisotopic (exact) mass is 940 g/mol. The SMILES string of the molecule is CCc1cc(Nc2ncc(Br)c(Nc3ccc4nccnc4c3P(C)(C)=O)n2)c(OC)cc1N1CCC(N2CCN(CCCn3nc(C)c(C4CCC(=O)NC4=O)c3C)CC2)CC1. The summed E-state index contributed by atoms with van der Waals surface area (Å²) in [5, 5.41) is 14.7. The van der Waals surface area contributed by atoms with Crippen LogP contribution in [0, 0.1) is 13.8 Å². The zero-order chi connectivity index (χ0) is 44.4. The van der Waals surface area contributed by atoms with Gasteiger partial charge in [-0.3, -0.25) is 34.5 Å². The summed E-state index contributed by atoms with van der Waals surface area (Å²) < 4.78 is 22.2. The van der Waals surface area contributed by atoms with Crippen molar-refractivity contribution < 1.29 is 18.9 Å². The number of aromatic nitrogens is 6. The maximum Gasteiger partial charge on any atom is 0.234 e. The molecule has 3 aromatic heterocycles. The van der Waals surface area contributed by atoms with Gasteiger partial charge in [0, 0.05) is 99.9 Å². The van der Waals surface area contributed by atoms with Crippen LogP contribution in [0.25, 0.3) is 11.0 Å². The number of aryl methyl sites for hydroxylation is 3. The number of nitrogens with one attached hydrogen (secondary N) is 3. The number of ether oxygens (including phenoxy) is 1. The van der Waals surface area contributed by atoms with Crippen LogP contribution >= 0.6 is 23.1 Å². The molecule has 16 nitrogen and oxygen atoms in total. The Labute approximate surface area is 377 Å². The predicted octanol–water partition coefficient (Wildman–Crippen LogP) is 6.50. The molecule has 1 unspecified atom stereocenters. The van der Waals surface area contributed by atoms with Gasteiger partial charge in [0.15, 0.2) is 0 Å². The number of piperidine rings is 2. The minimum Gasteiger partial charge on any atom is -0.494 e. The lowest BCUT2D eigenvalue weighted by Crippen LogP contribution is -2.53. The molecule has 334 valence electrons. The van der Waals surface area contributed by atoms with E-state index in [1.165, 1.54) is 11.3 Å². The second-order valence-electron chi connectivity index (χ2n) is 17.2. The molecule has 3 saturated heterocycles. The summed E-state index contributed by atoms with van der Waals surface area (Å²) >= 11 is 3.60. The Morgan fingerprint density at radius 1 is 0.937 bits per heavy atom. The van der Waals surface area contributed by atoms with E-state index >= 15 is 0 Å². The molecule has 0 spiro atoms. The lowest BCUT2D eigenvalue weighted by molar-refractivity contribution is -0.134. The van der Waals surface area contributed by atoms with Crippen LogP contribution < -0.4 is 30.9 Å². The molecule has 3 aliphatic heterocycles. The van der Waals surface area contributed by atoms with E-state index in [2.05, 4.69) is 80.6 Å². The van der Waals surface area contributed by atoms with Crippen LogP contribution in [0.15, 0.2) is 47.3 Å². The fourth-order valence-corrected chi connectivity index (χ4v) is 11.2. The summed E-state index contributed by atoms with van der Waals surface area (Å²) in [6.07, 6.45) is 9.92. The number of fused-ring (bicyclic) bond motifs is 1. The number of hydrogen-bond acceptors (Lipinski definition) is 14. The lowest BCUT2D eigenvalue weighted by atomic mass is 9.89. The van der Waals surface area contributed by atoms with E-state index in [-0.39, 0.29) is 17.7 Å². The van der Waals surface area contributed by atoms with Crippen LogP contribution in [0.2, 0.25) is 0 Å². The number of halogens is 1. The smallest absolute Gasteiger partial charge is 0.234 e. The lowest BCUT2D eigenvalue weighted by Gasteiger charge is -2.43. The first-order valence-corrected chi connectivity index (χ1v) is 25.4. The first-order valence-electron chi connectivity index (χ1n) is 22.0. The van der Waals surface area contributed by atoms with Gasteiger partial charge >= 0.3 is 0 Å². The van der Waals surface area contributed by atoms with Crippen LogP contribution in [0.5, 0.6) is 5.75 Å². The number of nitrogens with zero attached hydrogens (tertiary/aromatic N) is 9. The predicted molar refractivity (Wildman–Crippen MR) is 252 cm³/mol. The molecule has 3 N–H and O–H groups in total. The standard InChI is InChI=1S/C45H58BrN12O4P/c1-7-30-25-36(51-45-49-27-33(46)43(53-45)50-35-11-10-34-41(48-16-15-47-34)42(35)63(5,6)61)38(62-4)26-37(30)57-19-13-31(14-20-57)56-23-21-55(22-24-56)17-8-18-58-29(3)40(28(2)54-58)32-9-12-39(59)52-44(32)60/h10-11,15-16,25-27,31-32H,7-9,12-14,17-24H2,1-6H3,(H,52,59,60)(H2,49,50,51,53). The molecule has 5 aromatic rings. The van der Waals surface area contributed by atoms with Crippen molar-refractivity contribution in [1.29, 1.82) is 0 Å². The molecule has 1 atom stereocenters. The van der Waals surface area contributed by atoms with Crippen molar-refractivity contribution in [3.05, 3.63) is 69.8 Å². The Bertz CT molecular complexity index is 2550. The van der Waals surface area contributed by atoms with Crippen molar-refractivity contribution >= 4 is 80.1 Å². The molecule has 63 heavy (non-hydrogen) atoms. The zero-order valence-corrected chi connectivity index (χ0v) is 39.6. The molecule has 0 radical (unpaired) electrons. The number of carbonyl (C=O) groups is 2. The number of carbonyl (C=O) groups excluding carboxylic acids is 2. The summed E-state index contributed by atoms with van der Waals surface area (Å²) in [6, 6.07) is 8.58. The van der Waals surface area contributed by atoms with Crippen molar-refractivity contribution in [1.82, 2.24) is 44.8 Å². The van der Waals surface area contributed by atoms with E-state index in [4.69, 9.17) is 14.8 Å². The number of imide groups is 1. The minimum absolute atomic E-state index is 0.190. The summed E-state index contributed by atoms with van der Waals surface area (Å²) in [5.74, 6) is 0.914. The Kier molecular flexibility index (Phi) is 13.5. The van der Waals surface area contributed by atoms with Gasteiger partial charge in [0.05, 0.1) is 45.4 Å². The third-order valence-corrected chi connectivity index (χ3v) is 14.9. The van der Waals surface area contributed by atoms with Gasteiger partial charge in [-0.25, -0.2) is 4.98 Å². The van der Waals surface area contributed by atoms with Gasteiger partial charge in [-0.1, -0.05) is 6.92 Å². The molecule has 6 heterocycles. The highest BCUT2D eigenvalue weighted by molar-refractivity contribution is 9.10. The summed E-state index contributed by atoms with van der Waals surface area (Å²) in [6.45, 7) is 17.7. The fraction of sp³-hybridized carbons (Fsp3) is 0.489. The molecular weight excluding hydrogens is 883 g/mol. The van der Waals surface area contributed by atoms with Gasteiger partial charge in [0.2, 0.25) is 17.8 Å². The van der Waals surface area contributed by atoms with Crippen molar-refractivity contribution in [2.75, 3.05) is 81.8 Å². The van der Waals surface area contributed by atoms with Crippen molar-refractivity contribution in [2.45, 2.75) is 77.8 Å². The van der Waals surface area contributed by atoms with Crippen LogP contribution in [-0.2, 0) is 27.1 Å². The summed E-state index contributed by atoms with van der Waals surface area (Å²) in [7, 11) is -1.08. The van der Waals surface area contributed by atoms with Gasteiger partial charge in [0.25, 0.3) is 0 Å². The number of amides is 2. The van der Waals surface area contributed by atoms with E-state index in [0.29, 0.717) is 62.9 Å².